The predicted octanol–water partition coefficient (Wildman–Crippen LogP) is 3.91. The number of benzene rings is 2. The number of ether oxygens (including phenoxy) is 1. The summed E-state index contributed by atoms with van der Waals surface area (Å²) in [4.78, 5) is 12.2. The molecule has 0 radical (unpaired) electrons. The minimum atomic E-state index is -3.76. The van der Waals surface area contributed by atoms with Crippen molar-refractivity contribution in [2.45, 2.75) is 18.2 Å². The Morgan fingerprint density at radius 2 is 1.85 bits per heavy atom. The van der Waals surface area contributed by atoms with Gasteiger partial charge in [0.15, 0.2) is 0 Å². The van der Waals surface area contributed by atoms with E-state index in [-0.39, 0.29) is 17.9 Å². The second kappa shape index (κ2) is 7.25. The van der Waals surface area contributed by atoms with E-state index in [4.69, 9.17) is 4.74 Å². The molecule has 2 aromatic carbocycles. The molecule has 0 saturated carbocycles. The number of hydrogen-bond donors (Lipinski definition) is 0. The van der Waals surface area contributed by atoms with Crippen molar-refractivity contribution in [2.75, 3.05) is 18.0 Å². The molecule has 2 aromatic rings. The molecule has 1 aliphatic heterocycles. The summed E-state index contributed by atoms with van der Waals surface area (Å²) in [5.74, 6) is -0.451. The van der Waals surface area contributed by atoms with Crippen LogP contribution in [0.1, 0.15) is 17.5 Å². The van der Waals surface area contributed by atoms with Crippen LogP contribution in [-0.4, -0.2) is 28.0 Å². The molecule has 136 valence electrons. The van der Waals surface area contributed by atoms with Crippen molar-refractivity contribution in [3.63, 3.8) is 0 Å². The highest BCUT2D eigenvalue weighted by Gasteiger charge is 2.29. The van der Waals surface area contributed by atoms with Crippen molar-refractivity contribution < 1.29 is 17.9 Å². The maximum Gasteiger partial charge on any atom is 0.333 e. The highest BCUT2D eigenvalue weighted by atomic mass is 79.9. The monoisotopic (exact) mass is 435 g/mol. The lowest BCUT2D eigenvalue weighted by molar-refractivity contribution is -0.136. The Balaban J connectivity index is 2.12. The minimum absolute atomic E-state index is 0.153. The lowest BCUT2D eigenvalue weighted by atomic mass is 10.1. The molecule has 0 fully saturated rings. The number of carbonyl (C=O) groups is 1. The molecule has 0 aromatic heterocycles. The summed E-state index contributed by atoms with van der Waals surface area (Å²) in [6.07, 6.45) is 1.96. The van der Waals surface area contributed by atoms with Crippen LogP contribution in [0.3, 0.4) is 0 Å². The molecule has 26 heavy (non-hydrogen) atoms. The van der Waals surface area contributed by atoms with Crippen molar-refractivity contribution in [1.29, 1.82) is 0 Å². The Hall–Kier alpha value is -2.12. The van der Waals surface area contributed by atoms with Gasteiger partial charge >= 0.3 is 5.97 Å². The van der Waals surface area contributed by atoms with Gasteiger partial charge < -0.3 is 4.74 Å². The van der Waals surface area contributed by atoms with Crippen molar-refractivity contribution >= 4 is 43.7 Å². The first-order valence-electron chi connectivity index (χ1n) is 8.01. The lowest BCUT2D eigenvalue weighted by Gasteiger charge is -2.25. The third-order valence-electron chi connectivity index (χ3n) is 4.23. The molecule has 0 unspecified atom stereocenters. The quantitative estimate of drug-likeness (QED) is 0.685. The van der Waals surface area contributed by atoms with Gasteiger partial charge in [0.25, 0.3) is 10.0 Å². The first-order valence-corrected chi connectivity index (χ1v) is 10.2. The van der Waals surface area contributed by atoms with Crippen molar-refractivity contribution in [1.82, 2.24) is 0 Å². The highest BCUT2D eigenvalue weighted by Crippen LogP contribution is 2.34. The number of nitrogens with zero attached hydrogens (tertiary/aromatic N) is 1. The Morgan fingerprint density at radius 1 is 1.15 bits per heavy atom. The molecule has 0 bridgehead atoms. The van der Waals surface area contributed by atoms with Crippen molar-refractivity contribution in [3.8, 4) is 0 Å². The van der Waals surface area contributed by atoms with Crippen LogP contribution < -0.4 is 4.31 Å². The number of halogens is 1. The zero-order chi connectivity index (χ0) is 18.9. The molecule has 1 heterocycles. The van der Waals surface area contributed by atoms with Gasteiger partial charge in [0.1, 0.15) is 0 Å². The second-order valence-electron chi connectivity index (χ2n) is 6.00. The van der Waals surface area contributed by atoms with Gasteiger partial charge in [0, 0.05) is 16.6 Å². The van der Waals surface area contributed by atoms with E-state index in [1.165, 1.54) is 11.4 Å². The fraction of sp³-hybridized carbons (Fsp3) is 0.211. The Labute approximate surface area is 161 Å². The molecule has 0 aliphatic carbocycles. The number of rotatable bonds is 3. The van der Waals surface area contributed by atoms with Crippen LogP contribution in [0, 0.1) is 6.92 Å². The number of methoxy groups -OCH3 is 1. The average Bonchev–Trinajstić information content (AvgIpc) is 2.81. The summed E-state index contributed by atoms with van der Waals surface area (Å²) in [5, 5.41) is 0. The van der Waals surface area contributed by atoms with E-state index >= 15 is 0 Å². The van der Waals surface area contributed by atoms with E-state index < -0.39 is 16.0 Å². The zero-order valence-corrected chi connectivity index (χ0v) is 16.8. The summed E-state index contributed by atoms with van der Waals surface area (Å²) >= 11 is 3.40. The van der Waals surface area contributed by atoms with E-state index in [0.717, 1.165) is 10.0 Å². The number of hydrogen-bond acceptors (Lipinski definition) is 4. The molecule has 0 atom stereocenters. The normalized spacial score (nSPS) is 14.3. The van der Waals surface area contributed by atoms with Gasteiger partial charge in [-0.3, -0.25) is 4.31 Å². The third kappa shape index (κ3) is 3.54. The van der Waals surface area contributed by atoms with Gasteiger partial charge in [0.05, 0.1) is 17.7 Å². The summed E-state index contributed by atoms with van der Waals surface area (Å²) in [6.45, 7) is 2.06. The second-order valence-corrected chi connectivity index (χ2v) is 8.78. The first kappa shape index (κ1) is 18.7. The van der Waals surface area contributed by atoms with Crippen LogP contribution in [-0.2, 0) is 19.6 Å². The largest absolute Gasteiger partial charge is 0.466 e. The SMILES string of the molecule is COC(=O)C1=Cc2ccc(Br)cc2N(S(=O)(=O)c2ccc(C)cc2)CC1. The van der Waals surface area contributed by atoms with Crippen LogP contribution in [0.4, 0.5) is 5.69 Å². The van der Waals surface area contributed by atoms with Crippen LogP contribution in [0.5, 0.6) is 0 Å². The van der Waals surface area contributed by atoms with Crippen molar-refractivity contribution in [3.05, 3.63) is 63.6 Å². The van der Waals surface area contributed by atoms with Crippen LogP contribution in [0.15, 0.2) is 57.4 Å². The summed E-state index contributed by atoms with van der Waals surface area (Å²) in [7, 11) is -2.44. The summed E-state index contributed by atoms with van der Waals surface area (Å²) in [5.41, 5.74) is 2.61. The highest BCUT2D eigenvalue weighted by molar-refractivity contribution is 9.10. The van der Waals surface area contributed by atoms with Gasteiger partial charge in [-0.2, -0.15) is 0 Å². The van der Waals surface area contributed by atoms with E-state index in [0.29, 0.717) is 16.8 Å². The third-order valence-corrected chi connectivity index (χ3v) is 6.55. The molecule has 0 N–H and O–H groups in total. The number of carbonyl (C=O) groups excluding carboxylic acids is 1. The maximum absolute atomic E-state index is 13.2. The fourth-order valence-corrected chi connectivity index (χ4v) is 4.67. The fourth-order valence-electron chi connectivity index (χ4n) is 2.84. The molecule has 0 saturated heterocycles. The molecule has 3 rings (SSSR count). The summed E-state index contributed by atoms with van der Waals surface area (Å²) < 4.78 is 33.4. The van der Waals surface area contributed by atoms with E-state index in [2.05, 4.69) is 15.9 Å². The number of sulfonamides is 1. The smallest absolute Gasteiger partial charge is 0.333 e. The lowest BCUT2D eigenvalue weighted by Crippen LogP contribution is -2.32. The summed E-state index contributed by atoms with van der Waals surface area (Å²) in [6, 6.07) is 12.1. The molecule has 0 spiro atoms. The molecular weight excluding hydrogens is 418 g/mol. The number of anilines is 1. The number of fused-ring (bicyclic) bond motifs is 1. The maximum atomic E-state index is 13.2. The topological polar surface area (TPSA) is 63.7 Å². The van der Waals surface area contributed by atoms with E-state index in [9.17, 15) is 13.2 Å². The van der Waals surface area contributed by atoms with Crippen LogP contribution in [0.2, 0.25) is 0 Å². The van der Waals surface area contributed by atoms with Gasteiger partial charge in [-0.05, 0) is 49.2 Å². The Morgan fingerprint density at radius 3 is 2.50 bits per heavy atom. The molecule has 7 heteroatoms. The van der Waals surface area contributed by atoms with Crippen LogP contribution >= 0.6 is 15.9 Å². The van der Waals surface area contributed by atoms with Crippen molar-refractivity contribution in [2.24, 2.45) is 0 Å². The zero-order valence-electron chi connectivity index (χ0n) is 14.4. The Bertz CT molecular complexity index is 981. The van der Waals surface area contributed by atoms with Gasteiger partial charge in [0.2, 0.25) is 0 Å². The predicted molar refractivity (Wildman–Crippen MR) is 104 cm³/mol. The van der Waals surface area contributed by atoms with Gasteiger partial charge in [-0.25, -0.2) is 13.2 Å². The number of aryl methyl sites for hydroxylation is 1. The first-order chi connectivity index (χ1) is 12.3. The Kier molecular flexibility index (Phi) is 5.20. The molecule has 0 amide bonds. The molecule has 5 nitrogen and oxygen atoms in total. The number of esters is 1. The van der Waals surface area contributed by atoms with E-state index in [1.807, 2.05) is 13.0 Å². The van der Waals surface area contributed by atoms with Gasteiger partial charge in [-0.1, -0.05) is 39.7 Å². The molecule has 1 aliphatic rings. The van der Waals surface area contributed by atoms with Crippen LogP contribution in [0.25, 0.3) is 6.08 Å². The van der Waals surface area contributed by atoms with Gasteiger partial charge in [-0.15, -0.1) is 0 Å². The average molecular weight is 436 g/mol. The standard InChI is InChI=1S/C19H18BrNO4S/c1-13-3-7-17(8-4-13)26(23,24)21-10-9-15(19(22)25-2)11-14-5-6-16(20)12-18(14)21/h3-8,11-12H,9-10H2,1-2H3. The van der Waals surface area contributed by atoms with E-state index in [1.54, 1.807) is 42.5 Å². The minimum Gasteiger partial charge on any atom is -0.466 e. The molecular formula is C19H18BrNO4S.